The minimum absolute atomic E-state index is 0.0941. The van der Waals surface area contributed by atoms with Gasteiger partial charge in [-0.3, -0.25) is 9.59 Å². The number of esters is 1. The molecule has 1 atom stereocenters. The maximum atomic E-state index is 12.4. The van der Waals surface area contributed by atoms with Crippen LogP contribution in [0.15, 0.2) is 41.5 Å². The van der Waals surface area contributed by atoms with Crippen LogP contribution in [-0.2, 0) is 16.0 Å². The number of ether oxygens (including phenoxy) is 1. The number of carbonyl (C=O) groups is 1. The van der Waals surface area contributed by atoms with Crippen LogP contribution in [-0.4, -0.2) is 22.6 Å². The van der Waals surface area contributed by atoms with Crippen LogP contribution in [0, 0.1) is 5.92 Å². The van der Waals surface area contributed by atoms with Crippen LogP contribution >= 0.6 is 0 Å². The van der Waals surface area contributed by atoms with Crippen LogP contribution in [0.25, 0.3) is 0 Å². The number of benzene rings is 1. The molecule has 3 rings (SSSR count). The lowest BCUT2D eigenvalue weighted by atomic mass is 10.0. The lowest BCUT2D eigenvalue weighted by Crippen LogP contribution is -2.22. The van der Waals surface area contributed by atoms with E-state index in [1.807, 2.05) is 31.2 Å². The average Bonchev–Trinajstić information content (AvgIpc) is 3.42. The molecule has 24 heavy (non-hydrogen) atoms. The summed E-state index contributed by atoms with van der Waals surface area (Å²) in [5.41, 5.74) is 1.74. The minimum Gasteiger partial charge on any atom is -0.469 e. The Morgan fingerprint density at radius 1 is 1.38 bits per heavy atom. The van der Waals surface area contributed by atoms with Gasteiger partial charge in [-0.1, -0.05) is 19.1 Å². The van der Waals surface area contributed by atoms with Gasteiger partial charge in [-0.2, -0.15) is 0 Å². The lowest BCUT2D eigenvalue weighted by Gasteiger charge is -2.11. The molecule has 0 bridgehead atoms. The van der Waals surface area contributed by atoms with Gasteiger partial charge in [-0.05, 0) is 37.0 Å². The number of hydrogen-bond donors (Lipinski definition) is 1. The Labute approximate surface area is 140 Å². The molecule has 6 heteroatoms. The van der Waals surface area contributed by atoms with Crippen molar-refractivity contribution in [1.82, 2.24) is 9.55 Å². The third-order valence-electron chi connectivity index (χ3n) is 4.17. The second-order valence-electron chi connectivity index (χ2n) is 6.17. The number of hydrogen-bond acceptors (Lipinski definition) is 5. The van der Waals surface area contributed by atoms with Crippen LogP contribution in [0.3, 0.4) is 0 Å². The first-order valence-electron chi connectivity index (χ1n) is 8.09. The number of rotatable bonds is 6. The summed E-state index contributed by atoms with van der Waals surface area (Å²) in [6.07, 6.45) is 6.11. The minimum atomic E-state index is -0.216. The van der Waals surface area contributed by atoms with E-state index in [1.165, 1.54) is 7.11 Å². The van der Waals surface area contributed by atoms with Gasteiger partial charge in [0.25, 0.3) is 5.56 Å². The molecule has 0 aliphatic heterocycles. The van der Waals surface area contributed by atoms with Gasteiger partial charge in [0, 0.05) is 24.1 Å². The van der Waals surface area contributed by atoms with Crippen molar-refractivity contribution in [1.29, 1.82) is 0 Å². The number of carbonyl (C=O) groups excluding carboxylic acids is 1. The third-order valence-corrected chi connectivity index (χ3v) is 4.17. The number of nitrogens with one attached hydrogen (secondary N) is 1. The van der Waals surface area contributed by atoms with Gasteiger partial charge in [0.15, 0.2) is 5.82 Å². The van der Waals surface area contributed by atoms with Gasteiger partial charge in [-0.15, -0.1) is 0 Å². The molecule has 1 fully saturated rings. The number of aromatic nitrogens is 2. The van der Waals surface area contributed by atoms with E-state index < -0.39 is 0 Å². The normalized spacial score (nSPS) is 14.9. The Balaban J connectivity index is 1.69. The zero-order valence-electron chi connectivity index (χ0n) is 13.9. The third kappa shape index (κ3) is 3.64. The van der Waals surface area contributed by atoms with E-state index >= 15 is 0 Å². The molecular formula is C18H21N3O3. The lowest BCUT2D eigenvalue weighted by molar-refractivity contribution is -0.144. The zero-order valence-corrected chi connectivity index (χ0v) is 13.9. The maximum absolute atomic E-state index is 12.4. The van der Waals surface area contributed by atoms with Gasteiger partial charge >= 0.3 is 5.97 Å². The Morgan fingerprint density at radius 3 is 2.71 bits per heavy atom. The fraction of sp³-hybridized carbons (Fsp3) is 0.389. The zero-order chi connectivity index (χ0) is 17.1. The maximum Gasteiger partial charge on any atom is 0.308 e. The Kier molecular flexibility index (Phi) is 4.64. The molecule has 1 aromatic carbocycles. The van der Waals surface area contributed by atoms with Crippen molar-refractivity contribution in [3.05, 3.63) is 52.6 Å². The number of nitrogens with zero attached hydrogens (tertiary/aromatic N) is 2. The van der Waals surface area contributed by atoms with E-state index in [9.17, 15) is 9.59 Å². The second kappa shape index (κ2) is 6.86. The van der Waals surface area contributed by atoms with Crippen LogP contribution in [0.2, 0.25) is 0 Å². The quantitative estimate of drug-likeness (QED) is 0.826. The molecule has 1 N–H and O–H groups in total. The first-order chi connectivity index (χ1) is 11.6. The predicted molar refractivity (Wildman–Crippen MR) is 91.4 cm³/mol. The van der Waals surface area contributed by atoms with E-state index in [0.29, 0.717) is 18.3 Å². The summed E-state index contributed by atoms with van der Waals surface area (Å²) in [6.45, 7) is 1.84. The van der Waals surface area contributed by atoms with Gasteiger partial charge in [-0.25, -0.2) is 4.98 Å². The summed E-state index contributed by atoms with van der Waals surface area (Å²) in [6, 6.07) is 7.96. The summed E-state index contributed by atoms with van der Waals surface area (Å²) in [4.78, 5) is 28.0. The fourth-order valence-electron chi connectivity index (χ4n) is 2.65. The summed E-state index contributed by atoms with van der Waals surface area (Å²) in [7, 11) is 1.40. The molecule has 1 unspecified atom stereocenters. The molecule has 1 aliphatic carbocycles. The van der Waals surface area contributed by atoms with Crippen molar-refractivity contribution in [2.45, 2.75) is 32.2 Å². The molecule has 1 aliphatic rings. The SMILES string of the molecule is COC(=O)C(C)Cc1ccc(Nc2nccn(C3CC3)c2=O)cc1. The summed E-state index contributed by atoms with van der Waals surface area (Å²) >= 11 is 0. The first kappa shape index (κ1) is 16.2. The van der Waals surface area contributed by atoms with Crippen molar-refractivity contribution in [2.24, 2.45) is 5.92 Å². The van der Waals surface area contributed by atoms with Crippen molar-refractivity contribution < 1.29 is 9.53 Å². The standard InChI is InChI=1S/C18H21N3O3/c1-12(18(23)24-2)11-13-3-5-14(6-4-13)20-16-17(22)21(10-9-19-16)15-7-8-15/h3-6,9-10,12,15H,7-8,11H2,1-2H3,(H,19,20). The van der Waals surface area contributed by atoms with Crippen molar-refractivity contribution in [3.8, 4) is 0 Å². The summed E-state index contributed by atoms with van der Waals surface area (Å²) in [5, 5.41) is 3.07. The first-order valence-corrected chi connectivity index (χ1v) is 8.09. The van der Waals surface area contributed by atoms with Crippen molar-refractivity contribution >= 4 is 17.5 Å². The second-order valence-corrected chi connectivity index (χ2v) is 6.17. The molecule has 1 saturated carbocycles. The largest absolute Gasteiger partial charge is 0.469 e. The summed E-state index contributed by atoms with van der Waals surface area (Å²) < 4.78 is 6.48. The average molecular weight is 327 g/mol. The number of methoxy groups -OCH3 is 1. The smallest absolute Gasteiger partial charge is 0.308 e. The van der Waals surface area contributed by atoms with Gasteiger partial charge in [0.1, 0.15) is 0 Å². The number of anilines is 2. The summed E-state index contributed by atoms with van der Waals surface area (Å²) in [5.74, 6) is -0.0678. The van der Waals surface area contributed by atoms with E-state index in [4.69, 9.17) is 4.74 Å². The molecule has 0 spiro atoms. The highest BCUT2D eigenvalue weighted by atomic mass is 16.5. The molecule has 126 valence electrons. The van der Waals surface area contributed by atoms with Crippen LogP contribution in [0.1, 0.15) is 31.4 Å². The molecular weight excluding hydrogens is 306 g/mol. The van der Waals surface area contributed by atoms with Crippen molar-refractivity contribution in [2.75, 3.05) is 12.4 Å². The Morgan fingerprint density at radius 2 is 2.08 bits per heavy atom. The van der Waals surface area contributed by atoms with Gasteiger partial charge in [0.2, 0.25) is 0 Å². The molecule has 0 amide bonds. The van der Waals surface area contributed by atoms with Crippen LogP contribution in [0.5, 0.6) is 0 Å². The highest BCUT2D eigenvalue weighted by Gasteiger charge is 2.25. The predicted octanol–water partition coefficient (Wildman–Crippen LogP) is 2.67. The highest BCUT2D eigenvalue weighted by Crippen LogP contribution is 2.33. The monoisotopic (exact) mass is 327 g/mol. The van der Waals surface area contributed by atoms with Crippen LogP contribution < -0.4 is 10.9 Å². The van der Waals surface area contributed by atoms with Crippen molar-refractivity contribution in [3.63, 3.8) is 0 Å². The van der Waals surface area contributed by atoms with Gasteiger partial charge in [0.05, 0.1) is 13.0 Å². The van der Waals surface area contributed by atoms with E-state index in [0.717, 1.165) is 24.1 Å². The van der Waals surface area contributed by atoms with E-state index in [1.54, 1.807) is 17.0 Å². The Bertz CT molecular complexity index is 779. The Hall–Kier alpha value is -2.63. The van der Waals surface area contributed by atoms with Gasteiger partial charge < -0.3 is 14.6 Å². The molecule has 0 radical (unpaired) electrons. The van der Waals surface area contributed by atoms with E-state index in [2.05, 4.69) is 10.3 Å². The fourth-order valence-corrected chi connectivity index (χ4v) is 2.65. The molecule has 1 heterocycles. The highest BCUT2D eigenvalue weighted by molar-refractivity contribution is 5.72. The van der Waals surface area contributed by atoms with E-state index in [-0.39, 0.29) is 17.4 Å². The molecule has 0 saturated heterocycles. The molecule has 2 aromatic rings. The van der Waals surface area contributed by atoms with Crippen LogP contribution in [0.4, 0.5) is 11.5 Å². The molecule has 6 nitrogen and oxygen atoms in total. The molecule has 1 aromatic heterocycles. The topological polar surface area (TPSA) is 73.2 Å².